The number of nitrogens with zero attached hydrogens (tertiary/aromatic N) is 2. The maximum absolute atomic E-state index is 2.34. The van der Waals surface area contributed by atoms with E-state index in [9.17, 15) is 0 Å². The van der Waals surface area contributed by atoms with Gasteiger partial charge in [-0.05, 0) is 37.1 Å². The maximum atomic E-state index is 2.34. The molecule has 22 heavy (non-hydrogen) atoms. The average Bonchev–Trinajstić information content (AvgIpc) is 2.77. The molecule has 0 radical (unpaired) electrons. The summed E-state index contributed by atoms with van der Waals surface area (Å²) in [6, 6.07) is 18.0. The van der Waals surface area contributed by atoms with Gasteiger partial charge in [0, 0.05) is 5.56 Å². The molecule has 0 aliphatic carbocycles. The lowest BCUT2D eigenvalue weighted by Gasteiger charge is -2.19. The summed E-state index contributed by atoms with van der Waals surface area (Å²) in [7, 11) is 4.34. The highest BCUT2D eigenvalue weighted by atomic mass is 127. The summed E-state index contributed by atoms with van der Waals surface area (Å²) < 4.78 is 2.29. The fraction of sp³-hybridized carbons (Fsp3) is 0.316. The second-order valence-electron chi connectivity index (χ2n) is 5.99. The van der Waals surface area contributed by atoms with Gasteiger partial charge in [0.1, 0.15) is 6.04 Å². The number of hydrogen-bond acceptors (Lipinski definition) is 1. The standard InChI is InChI=1S/C19H23N2.HI/c1-14-9-11-16(12-10-14)18-13-19(21(4)20(18)3)17-8-6-5-7-15(17)2;/h5-12,19H,13H2,1-4H3;1H/q+1;/p-1. The van der Waals surface area contributed by atoms with Crippen LogP contribution in [0.25, 0.3) is 0 Å². The van der Waals surface area contributed by atoms with Gasteiger partial charge in [0.2, 0.25) is 5.71 Å². The van der Waals surface area contributed by atoms with Crippen molar-refractivity contribution in [1.82, 2.24) is 5.01 Å². The zero-order chi connectivity index (χ0) is 15.0. The van der Waals surface area contributed by atoms with Gasteiger partial charge in [-0.25, -0.2) is 0 Å². The van der Waals surface area contributed by atoms with Crippen molar-refractivity contribution < 1.29 is 28.7 Å². The number of hydrogen-bond donors (Lipinski definition) is 0. The first-order valence-corrected chi connectivity index (χ1v) is 7.53. The third kappa shape index (κ3) is 3.05. The summed E-state index contributed by atoms with van der Waals surface area (Å²) in [6.07, 6.45) is 1.06. The van der Waals surface area contributed by atoms with Crippen molar-refractivity contribution >= 4 is 5.71 Å². The lowest BCUT2D eigenvalue weighted by Crippen LogP contribution is -3.00. The Morgan fingerprint density at radius 3 is 2.27 bits per heavy atom. The molecule has 0 aromatic heterocycles. The van der Waals surface area contributed by atoms with E-state index < -0.39 is 0 Å². The monoisotopic (exact) mass is 406 g/mol. The van der Waals surface area contributed by atoms with Crippen LogP contribution < -0.4 is 24.0 Å². The largest absolute Gasteiger partial charge is 1.00 e. The number of aryl methyl sites for hydroxylation is 2. The van der Waals surface area contributed by atoms with E-state index in [-0.39, 0.29) is 24.0 Å². The zero-order valence-corrected chi connectivity index (χ0v) is 15.8. The van der Waals surface area contributed by atoms with Crippen LogP contribution in [0.4, 0.5) is 0 Å². The molecule has 3 rings (SSSR count). The highest BCUT2D eigenvalue weighted by molar-refractivity contribution is 5.97. The molecule has 1 atom stereocenters. The van der Waals surface area contributed by atoms with Gasteiger partial charge in [-0.3, -0.25) is 0 Å². The summed E-state index contributed by atoms with van der Waals surface area (Å²) in [5, 5.41) is 2.34. The van der Waals surface area contributed by atoms with Crippen LogP contribution in [0, 0.1) is 13.8 Å². The van der Waals surface area contributed by atoms with Crippen LogP contribution in [0.5, 0.6) is 0 Å². The van der Waals surface area contributed by atoms with E-state index in [1.165, 1.54) is 28.0 Å². The third-order valence-corrected chi connectivity index (χ3v) is 4.63. The molecule has 0 spiro atoms. The van der Waals surface area contributed by atoms with Gasteiger partial charge in [0.25, 0.3) is 0 Å². The topological polar surface area (TPSA) is 6.25 Å². The average molecular weight is 406 g/mol. The first-order valence-electron chi connectivity index (χ1n) is 7.53. The van der Waals surface area contributed by atoms with Gasteiger partial charge in [0.15, 0.2) is 7.05 Å². The van der Waals surface area contributed by atoms with Gasteiger partial charge >= 0.3 is 0 Å². The summed E-state index contributed by atoms with van der Waals surface area (Å²) in [5.74, 6) is 0. The van der Waals surface area contributed by atoms with E-state index >= 15 is 0 Å². The molecule has 0 amide bonds. The van der Waals surface area contributed by atoms with Gasteiger partial charge in [-0.1, -0.05) is 42.0 Å². The van der Waals surface area contributed by atoms with Crippen LogP contribution in [0.2, 0.25) is 0 Å². The maximum Gasteiger partial charge on any atom is 0.215 e. The number of halogens is 1. The van der Waals surface area contributed by atoms with Crippen LogP contribution in [0.3, 0.4) is 0 Å². The second kappa shape index (κ2) is 6.82. The summed E-state index contributed by atoms with van der Waals surface area (Å²) in [6.45, 7) is 4.34. The Labute approximate surface area is 150 Å². The molecule has 1 aliphatic heterocycles. The minimum Gasteiger partial charge on any atom is -1.00 e. The SMILES string of the molecule is Cc1ccc(C2=[N+](C)N(C)C(c3ccccc3C)C2)cc1.[I-]. The highest BCUT2D eigenvalue weighted by Crippen LogP contribution is 2.32. The van der Waals surface area contributed by atoms with Gasteiger partial charge in [0.05, 0.1) is 13.5 Å². The van der Waals surface area contributed by atoms with Crippen LogP contribution in [-0.4, -0.2) is 29.5 Å². The van der Waals surface area contributed by atoms with Crippen molar-refractivity contribution in [2.75, 3.05) is 14.1 Å². The Morgan fingerprint density at radius 1 is 1.00 bits per heavy atom. The summed E-state index contributed by atoms with van der Waals surface area (Å²) >= 11 is 0. The van der Waals surface area contributed by atoms with E-state index in [1.54, 1.807) is 0 Å². The zero-order valence-electron chi connectivity index (χ0n) is 13.7. The fourth-order valence-electron chi connectivity index (χ4n) is 3.17. The molecule has 0 saturated heterocycles. The van der Waals surface area contributed by atoms with E-state index in [0.29, 0.717) is 6.04 Å². The smallest absolute Gasteiger partial charge is 0.215 e. The number of rotatable bonds is 2. The molecular weight excluding hydrogens is 383 g/mol. The third-order valence-electron chi connectivity index (χ3n) is 4.63. The quantitative estimate of drug-likeness (QED) is 0.527. The summed E-state index contributed by atoms with van der Waals surface area (Å²) in [4.78, 5) is 0. The van der Waals surface area contributed by atoms with Gasteiger partial charge in [-0.15, -0.1) is 4.68 Å². The molecule has 2 aromatic carbocycles. The molecule has 2 nitrogen and oxygen atoms in total. The molecule has 0 bridgehead atoms. The molecule has 0 N–H and O–H groups in total. The fourth-order valence-corrected chi connectivity index (χ4v) is 3.17. The minimum absolute atomic E-state index is 0. The minimum atomic E-state index is 0. The first-order chi connectivity index (χ1) is 10.1. The van der Waals surface area contributed by atoms with E-state index in [2.05, 4.69) is 86.2 Å². The van der Waals surface area contributed by atoms with Crippen LogP contribution in [-0.2, 0) is 0 Å². The second-order valence-corrected chi connectivity index (χ2v) is 5.99. The first kappa shape index (κ1) is 17.0. The van der Waals surface area contributed by atoms with Crippen LogP contribution in [0.15, 0.2) is 48.5 Å². The van der Waals surface area contributed by atoms with Gasteiger partial charge < -0.3 is 24.0 Å². The van der Waals surface area contributed by atoms with Crippen molar-refractivity contribution in [3.8, 4) is 0 Å². The van der Waals surface area contributed by atoms with E-state index in [1.807, 2.05) is 0 Å². The van der Waals surface area contributed by atoms with Crippen molar-refractivity contribution in [3.63, 3.8) is 0 Å². The molecule has 1 aliphatic rings. The molecule has 3 heteroatoms. The predicted molar refractivity (Wildman–Crippen MR) is 87.8 cm³/mol. The normalized spacial score (nSPS) is 17.6. The number of hydrazine groups is 1. The van der Waals surface area contributed by atoms with Crippen molar-refractivity contribution in [2.45, 2.75) is 26.3 Å². The van der Waals surface area contributed by atoms with Crippen LogP contribution in [0.1, 0.15) is 34.7 Å². The molecule has 2 aromatic rings. The molecule has 116 valence electrons. The Balaban J connectivity index is 0.00000176. The molecule has 0 fully saturated rings. The van der Waals surface area contributed by atoms with Crippen molar-refractivity contribution in [3.05, 3.63) is 70.8 Å². The highest BCUT2D eigenvalue weighted by Gasteiger charge is 2.36. The summed E-state index contributed by atoms with van der Waals surface area (Å²) in [5.41, 5.74) is 6.82. The lowest BCUT2D eigenvalue weighted by atomic mass is 9.95. The number of hydrazone groups is 1. The predicted octanol–water partition coefficient (Wildman–Crippen LogP) is 0.731. The molecule has 0 saturated carbocycles. The van der Waals surface area contributed by atoms with Crippen molar-refractivity contribution in [2.24, 2.45) is 0 Å². The van der Waals surface area contributed by atoms with Gasteiger partial charge in [-0.2, -0.15) is 5.01 Å². The lowest BCUT2D eigenvalue weighted by molar-refractivity contribution is -0.660. The van der Waals surface area contributed by atoms with E-state index in [4.69, 9.17) is 0 Å². The Morgan fingerprint density at radius 2 is 1.64 bits per heavy atom. The Hall–Kier alpha value is -1.36. The molecule has 1 unspecified atom stereocenters. The Bertz CT molecular complexity index is 689. The molecular formula is C19H23IN2. The van der Waals surface area contributed by atoms with Crippen LogP contribution >= 0.6 is 0 Å². The number of benzene rings is 2. The van der Waals surface area contributed by atoms with Crippen molar-refractivity contribution in [1.29, 1.82) is 0 Å². The van der Waals surface area contributed by atoms with E-state index in [0.717, 1.165) is 6.42 Å². The molecule has 1 heterocycles. The Kier molecular flexibility index (Phi) is 5.27.